The summed E-state index contributed by atoms with van der Waals surface area (Å²) in [5, 5.41) is 14.0. The first-order chi connectivity index (χ1) is 17.9. The van der Waals surface area contributed by atoms with Gasteiger partial charge in [0.25, 0.3) is 17.6 Å². The Bertz CT molecular complexity index is 1480. The van der Waals surface area contributed by atoms with Gasteiger partial charge < -0.3 is 24.6 Å². The smallest absolute Gasteiger partial charge is 0.295 e. The predicted octanol–water partition coefficient (Wildman–Crippen LogP) is 1.81. The van der Waals surface area contributed by atoms with Crippen molar-refractivity contribution in [1.82, 2.24) is 29.5 Å². The topological polar surface area (TPSA) is 134 Å². The van der Waals surface area contributed by atoms with Crippen LogP contribution >= 0.6 is 0 Å². The number of nitrogens with one attached hydrogen (secondary N) is 1. The van der Waals surface area contributed by atoms with Crippen molar-refractivity contribution in [3.63, 3.8) is 0 Å². The summed E-state index contributed by atoms with van der Waals surface area (Å²) in [6.45, 7) is 2.45. The second-order valence-corrected chi connectivity index (χ2v) is 8.81. The number of pyridine rings is 1. The number of fused-ring (bicyclic) bond motifs is 1. The number of Topliss-reactive ketones (excluding diaryl/α,β-unsaturated/α-hetero) is 1. The fourth-order valence-corrected chi connectivity index (χ4v) is 4.63. The Hall–Kier alpha value is -4.51. The third-order valence-electron chi connectivity index (χ3n) is 6.53. The summed E-state index contributed by atoms with van der Waals surface area (Å²) in [6, 6.07) is 10.4. The van der Waals surface area contributed by atoms with Crippen LogP contribution in [0.5, 0.6) is 5.75 Å². The van der Waals surface area contributed by atoms with Crippen LogP contribution in [0.25, 0.3) is 16.7 Å². The molecule has 4 aromatic rings. The summed E-state index contributed by atoms with van der Waals surface area (Å²) >= 11 is 0. The molecular weight excluding hydrogens is 476 g/mol. The molecule has 0 unspecified atom stereocenters. The number of piperazine rings is 1. The Balaban J connectivity index is 1.39. The average Bonchev–Trinajstić information content (AvgIpc) is 3.60. The number of aliphatic hydroxyl groups excluding tert-OH is 1. The van der Waals surface area contributed by atoms with Crippen molar-refractivity contribution in [3.05, 3.63) is 71.8 Å². The Labute approximate surface area is 212 Å². The van der Waals surface area contributed by atoms with E-state index in [0.29, 0.717) is 40.3 Å². The number of benzene rings is 1. The molecule has 0 spiro atoms. The number of carbonyl (C=O) groups is 3. The Morgan fingerprint density at radius 3 is 2.62 bits per heavy atom. The Kier molecular flexibility index (Phi) is 6.45. The molecule has 0 radical (unpaired) electrons. The summed E-state index contributed by atoms with van der Waals surface area (Å²) in [5.41, 5.74) is 1.67. The number of methoxy groups -OCH3 is 1. The number of nitrogens with zero attached hydrogens (tertiary/aromatic N) is 5. The van der Waals surface area contributed by atoms with E-state index in [9.17, 15) is 19.5 Å². The van der Waals surface area contributed by atoms with Gasteiger partial charge in [-0.1, -0.05) is 18.2 Å². The zero-order valence-electron chi connectivity index (χ0n) is 20.4. The van der Waals surface area contributed by atoms with Crippen molar-refractivity contribution in [2.75, 3.05) is 26.7 Å². The number of ether oxygens (including phenoxy) is 1. The minimum atomic E-state index is -0.687. The van der Waals surface area contributed by atoms with Crippen molar-refractivity contribution < 1.29 is 24.2 Å². The maximum atomic E-state index is 13.4. The minimum absolute atomic E-state index is 0.101. The Morgan fingerprint density at radius 1 is 1.16 bits per heavy atom. The highest BCUT2D eigenvalue weighted by atomic mass is 16.5. The quantitative estimate of drug-likeness (QED) is 0.303. The van der Waals surface area contributed by atoms with Crippen molar-refractivity contribution in [2.45, 2.75) is 19.6 Å². The lowest BCUT2D eigenvalue weighted by Crippen LogP contribution is -2.56. The molecule has 37 heavy (non-hydrogen) atoms. The highest BCUT2D eigenvalue weighted by Gasteiger charge is 2.34. The summed E-state index contributed by atoms with van der Waals surface area (Å²) in [7, 11) is 1.46. The van der Waals surface area contributed by atoms with Crippen LogP contribution in [-0.4, -0.2) is 85.0 Å². The van der Waals surface area contributed by atoms with Gasteiger partial charge in [0.05, 0.1) is 42.1 Å². The van der Waals surface area contributed by atoms with Crippen molar-refractivity contribution in [3.8, 4) is 11.6 Å². The van der Waals surface area contributed by atoms with Crippen LogP contribution < -0.4 is 4.74 Å². The van der Waals surface area contributed by atoms with Gasteiger partial charge in [-0.05, 0) is 25.1 Å². The molecule has 1 fully saturated rings. The highest BCUT2D eigenvalue weighted by molar-refractivity contribution is 6.45. The zero-order chi connectivity index (χ0) is 26.1. The standard InChI is InChI=1S/C26H26N6O5/c1-16-14-30(10-11-31(16)25(35)17-6-4-3-5-7-17)26(36)23(34)19-12-27-22-21(19)20(37-2)13-28-24(22)32-9-8-18(15-33)29-32/h3-9,12-13,16,27,33H,10-11,14-15H2,1-2H3/t16-/m1/s1. The molecule has 5 rings (SSSR count). The summed E-state index contributed by atoms with van der Waals surface area (Å²) < 4.78 is 6.92. The molecule has 2 N–H and O–H groups in total. The van der Waals surface area contributed by atoms with Crippen LogP contribution in [0.15, 0.2) is 55.0 Å². The van der Waals surface area contributed by atoms with Gasteiger partial charge in [-0.2, -0.15) is 5.10 Å². The molecule has 1 aliphatic rings. The summed E-state index contributed by atoms with van der Waals surface area (Å²) in [4.78, 5) is 50.2. The first-order valence-corrected chi connectivity index (χ1v) is 11.8. The summed E-state index contributed by atoms with van der Waals surface area (Å²) in [5.74, 6) is -0.716. The van der Waals surface area contributed by atoms with E-state index in [2.05, 4.69) is 15.1 Å². The van der Waals surface area contributed by atoms with Crippen molar-refractivity contribution >= 4 is 28.5 Å². The van der Waals surface area contributed by atoms with Gasteiger partial charge >= 0.3 is 0 Å². The van der Waals surface area contributed by atoms with Crippen LogP contribution in [0.3, 0.4) is 0 Å². The highest BCUT2D eigenvalue weighted by Crippen LogP contribution is 2.32. The van der Waals surface area contributed by atoms with E-state index in [-0.39, 0.29) is 37.2 Å². The van der Waals surface area contributed by atoms with E-state index in [4.69, 9.17) is 4.74 Å². The molecule has 11 nitrogen and oxygen atoms in total. The monoisotopic (exact) mass is 502 g/mol. The lowest BCUT2D eigenvalue weighted by molar-refractivity contribution is -0.128. The van der Waals surface area contributed by atoms with Gasteiger partial charge in [0, 0.05) is 43.6 Å². The number of hydrogen-bond donors (Lipinski definition) is 2. The zero-order valence-corrected chi connectivity index (χ0v) is 20.4. The van der Waals surface area contributed by atoms with Gasteiger partial charge in [0.1, 0.15) is 5.75 Å². The maximum absolute atomic E-state index is 13.4. The third kappa shape index (κ3) is 4.33. The van der Waals surface area contributed by atoms with E-state index in [1.54, 1.807) is 29.3 Å². The number of ketones is 1. The van der Waals surface area contributed by atoms with Gasteiger partial charge in [-0.15, -0.1) is 0 Å². The molecular formula is C26H26N6O5. The number of aromatic amines is 1. The Morgan fingerprint density at radius 2 is 1.95 bits per heavy atom. The molecule has 1 atom stereocenters. The van der Waals surface area contributed by atoms with Crippen molar-refractivity contribution in [1.29, 1.82) is 0 Å². The second kappa shape index (κ2) is 9.86. The van der Waals surface area contributed by atoms with Crippen LogP contribution in [-0.2, 0) is 11.4 Å². The molecule has 4 heterocycles. The van der Waals surface area contributed by atoms with Crippen LogP contribution in [0.4, 0.5) is 0 Å². The molecule has 2 amide bonds. The number of hydrogen-bond acceptors (Lipinski definition) is 7. The van der Waals surface area contributed by atoms with Crippen LogP contribution in [0, 0.1) is 0 Å². The molecule has 1 aliphatic heterocycles. The molecule has 1 saturated heterocycles. The molecule has 0 aliphatic carbocycles. The first kappa shape index (κ1) is 24.2. The first-order valence-electron chi connectivity index (χ1n) is 11.8. The number of carbonyl (C=O) groups excluding carboxylic acids is 3. The number of amides is 2. The van der Waals surface area contributed by atoms with E-state index in [0.717, 1.165) is 0 Å². The predicted molar refractivity (Wildman–Crippen MR) is 134 cm³/mol. The fraction of sp³-hybridized carbons (Fsp3) is 0.269. The molecule has 0 bridgehead atoms. The van der Waals surface area contributed by atoms with E-state index in [1.165, 1.54) is 29.1 Å². The molecule has 3 aromatic heterocycles. The van der Waals surface area contributed by atoms with Gasteiger partial charge in [-0.25, -0.2) is 9.67 Å². The largest absolute Gasteiger partial charge is 0.494 e. The lowest BCUT2D eigenvalue weighted by atomic mass is 10.1. The minimum Gasteiger partial charge on any atom is -0.494 e. The maximum Gasteiger partial charge on any atom is 0.295 e. The summed E-state index contributed by atoms with van der Waals surface area (Å²) in [6.07, 6.45) is 4.57. The molecule has 0 saturated carbocycles. The van der Waals surface area contributed by atoms with E-state index in [1.807, 2.05) is 25.1 Å². The van der Waals surface area contributed by atoms with E-state index < -0.39 is 11.7 Å². The average molecular weight is 503 g/mol. The van der Waals surface area contributed by atoms with E-state index >= 15 is 0 Å². The van der Waals surface area contributed by atoms with Crippen LogP contribution in [0.1, 0.15) is 33.3 Å². The van der Waals surface area contributed by atoms with Gasteiger partial charge in [0.2, 0.25) is 0 Å². The number of aliphatic hydroxyl groups is 1. The van der Waals surface area contributed by atoms with Gasteiger partial charge in [-0.3, -0.25) is 14.4 Å². The number of rotatable bonds is 6. The molecule has 11 heteroatoms. The van der Waals surface area contributed by atoms with Crippen LogP contribution in [0.2, 0.25) is 0 Å². The number of H-pyrrole nitrogens is 1. The van der Waals surface area contributed by atoms with Crippen molar-refractivity contribution in [2.24, 2.45) is 0 Å². The molecule has 190 valence electrons. The lowest BCUT2D eigenvalue weighted by Gasteiger charge is -2.39. The normalized spacial score (nSPS) is 15.7. The molecule has 1 aromatic carbocycles. The third-order valence-corrected chi connectivity index (χ3v) is 6.53. The fourth-order valence-electron chi connectivity index (χ4n) is 4.63. The number of aromatic nitrogens is 4. The second-order valence-electron chi connectivity index (χ2n) is 8.81. The van der Waals surface area contributed by atoms with Gasteiger partial charge in [0.15, 0.2) is 5.82 Å². The SMILES string of the molecule is COc1cnc(-n2ccc(CO)n2)c2[nH]cc(C(=O)C(=O)N3CCN(C(=O)c4ccccc4)[C@H](C)C3)c12.